The fourth-order valence-electron chi connectivity index (χ4n) is 3.99. The lowest BCUT2D eigenvalue weighted by Gasteiger charge is -2.57. The number of carboxylic acids is 1. The smallest absolute Gasteiger partial charge is 0.451 e. The van der Waals surface area contributed by atoms with Gasteiger partial charge in [0, 0.05) is 38.6 Å². The molecule has 0 bridgehead atoms. The lowest BCUT2D eigenvalue weighted by Crippen LogP contribution is -2.78. The molecule has 3 aliphatic rings. The Bertz CT molecular complexity index is 637. The van der Waals surface area contributed by atoms with Crippen LogP contribution in [0.1, 0.15) is 19.3 Å². The van der Waals surface area contributed by atoms with Gasteiger partial charge in [-0.1, -0.05) is 6.42 Å². The summed E-state index contributed by atoms with van der Waals surface area (Å²) in [6.07, 6.45) is 1.58. The highest BCUT2D eigenvalue weighted by molar-refractivity contribution is 7.86. The second-order valence-electron chi connectivity index (χ2n) is 7.40. The van der Waals surface area contributed by atoms with Gasteiger partial charge in [0.15, 0.2) is 0 Å². The van der Waals surface area contributed by atoms with Gasteiger partial charge in [-0.2, -0.15) is 17.0 Å². The molecule has 1 spiro atoms. The van der Waals surface area contributed by atoms with Crippen molar-refractivity contribution in [2.24, 2.45) is 11.7 Å². The van der Waals surface area contributed by atoms with E-state index in [1.54, 1.807) is 0 Å². The fraction of sp³-hybridized carbons (Fsp3) is 0.923. The van der Waals surface area contributed by atoms with E-state index in [0.29, 0.717) is 32.5 Å². The quantitative estimate of drug-likeness (QED) is 0.299. The van der Waals surface area contributed by atoms with Crippen molar-refractivity contribution >= 4 is 23.3 Å². The summed E-state index contributed by atoms with van der Waals surface area (Å²) in [5, 5.41) is 30.5. The van der Waals surface area contributed by atoms with Crippen molar-refractivity contribution in [3.05, 3.63) is 0 Å². The van der Waals surface area contributed by atoms with Gasteiger partial charge >= 0.3 is 13.1 Å². The molecule has 0 aromatic heterocycles. The van der Waals surface area contributed by atoms with Crippen LogP contribution in [-0.4, -0.2) is 89.1 Å². The zero-order valence-electron chi connectivity index (χ0n) is 14.0. The predicted molar refractivity (Wildman–Crippen MR) is 89.7 cm³/mol. The molecule has 0 radical (unpaired) electrons. The second kappa shape index (κ2) is 6.45. The molecule has 25 heavy (non-hydrogen) atoms. The SMILES string of the molecule is N[C@@]1(C(=O)O)CN(S(=O)(=O)N2CCC23CNC3)C[C@@H]1CCCB(O)O. The standard InChI is InChI=1S/C13H25BN4O6S/c15-13(11(19)20)9-17(6-10(13)2-1-4-14(21)22)25(23,24)18-5-3-12(18)7-16-8-12/h10,16,21-22H,1-9,15H2,(H,19,20)/t10-,13-/m0/s1. The average Bonchev–Trinajstić information content (AvgIpc) is 2.75. The van der Waals surface area contributed by atoms with Gasteiger partial charge in [0.1, 0.15) is 5.54 Å². The normalized spacial score (nSPS) is 32.4. The van der Waals surface area contributed by atoms with Crippen molar-refractivity contribution in [3.8, 4) is 0 Å². The molecule has 3 fully saturated rings. The van der Waals surface area contributed by atoms with E-state index < -0.39 is 34.8 Å². The predicted octanol–water partition coefficient (Wildman–Crippen LogP) is -2.75. The summed E-state index contributed by atoms with van der Waals surface area (Å²) in [7, 11) is -5.23. The van der Waals surface area contributed by atoms with E-state index in [2.05, 4.69) is 5.32 Å². The maximum atomic E-state index is 13.0. The second-order valence-corrected chi connectivity index (χ2v) is 9.26. The van der Waals surface area contributed by atoms with Gasteiger partial charge < -0.3 is 26.2 Å². The topological polar surface area (TPSA) is 156 Å². The highest BCUT2D eigenvalue weighted by Crippen LogP contribution is 2.40. The van der Waals surface area contributed by atoms with Crippen LogP contribution in [0.4, 0.5) is 0 Å². The van der Waals surface area contributed by atoms with Crippen LogP contribution < -0.4 is 11.1 Å². The number of rotatable bonds is 7. The Kier molecular flexibility index (Phi) is 4.90. The maximum absolute atomic E-state index is 13.0. The minimum absolute atomic E-state index is 0.0344. The molecule has 0 aromatic carbocycles. The van der Waals surface area contributed by atoms with Crippen LogP contribution in [-0.2, 0) is 15.0 Å². The molecule has 3 heterocycles. The summed E-state index contributed by atoms with van der Waals surface area (Å²) in [4.78, 5) is 11.7. The number of carbonyl (C=O) groups is 1. The van der Waals surface area contributed by atoms with E-state index >= 15 is 0 Å². The monoisotopic (exact) mass is 376 g/mol. The zero-order chi connectivity index (χ0) is 18.5. The molecule has 3 rings (SSSR count). The zero-order valence-corrected chi connectivity index (χ0v) is 14.8. The molecule has 2 atom stereocenters. The molecule has 12 heteroatoms. The molecule has 6 N–H and O–H groups in total. The minimum atomic E-state index is -3.76. The number of nitrogens with two attached hydrogens (primary N) is 1. The summed E-state index contributed by atoms with van der Waals surface area (Å²) in [6, 6.07) is 0. The summed E-state index contributed by atoms with van der Waals surface area (Å²) < 4.78 is 28.6. The molecule has 10 nitrogen and oxygen atoms in total. The summed E-state index contributed by atoms with van der Waals surface area (Å²) >= 11 is 0. The molecular weight excluding hydrogens is 351 g/mol. The van der Waals surface area contributed by atoms with Crippen LogP contribution in [0.3, 0.4) is 0 Å². The van der Waals surface area contributed by atoms with Crippen LogP contribution >= 0.6 is 0 Å². The van der Waals surface area contributed by atoms with Crippen LogP contribution in [0.15, 0.2) is 0 Å². The summed E-state index contributed by atoms with van der Waals surface area (Å²) in [5.41, 5.74) is 4.04. The fourth-order valence-corrected chi connectivity index (χ4v) is 6.05. The van der Waals surface area contributed by atoms with Crippen molar-refractivity contribution in [2.45, 2.75) is 36.7 Å². The third-order valence-corrected chi connectivity index (χ3v) is 7.88. The van der Waals surface area contributed by atoms with Crippen molar-refractivity contribution in [3.63, 3.8) is 0 Å². The number of nitrogens with one attached hydrogen (secondary N) is 1. The largest absolute Gasteiger partial charge is 0.480 e. The first-order chi connectivity index (χ1) is 11.6. The molecule has 0 unspecified atom stereocenters. The maximum Gasteiger partial charge on any atom is 0.451 e. The van der Waals surface area contributed by atoms with Crippen LogP contribution in [0.2, 0.25) is 6.32 Å². The lowest BCUT2D eigenvalue weighted by molar-refractivity contribution is -0.144. The summed E-state index contributed by atoms with van der Waals surface area (Å²) in [6.45, 7) is 1.44. The van der Waals surface area contributed by atoms with E-state index in [9.17, 15) is 18.3 Å². The van der Waals surface area contributed by atoms with Crippen molar-refractivity contribution in [1.82, 2.24) is 13.9 Å². The van der Waals surface area contributed by atoms with Crippen molar-refractivity contribution in [1.29, 1.82) is 0 Å². The Labute approximate surface area is 147 Å². The first-order valence-electron chi connectivity index (χ1n) is 8.49. The Morgan fingerprint density at radius 3 is 2.48 bits per heavy atom. The highest BCUT2D eigenvalue weighted by atomic mass is 32.2. The van der Waals surface area contributed by atoms with E-state index in [0.717, 1.165) is 6.42 Å². The first-order valence-corrected chi connectivity index (χ1v) is 9.89. The van der Waals surface area contributed by atoms with Gasteiger partial charge in [-0.05, 0) is 19.2 Å². The molecule has 0 saturated carbocycles. The average molecular weight is 376 g/mol. The first kappa shape index (κ1) is 19.0. The van der Waals surface area contributed by atoms with Gasteiger partial charge in [0.25, 0.3) is 10.2 Å². The van der Waals surface area contributed by atoms with E-state index in [1.165, 1.54) is 8.61 Å². The molecule has 3 aliphatic heterocycles. The Hall–Kier alpha value is -0.755. The van der Waals surface area contributed by atoms with Gasteiger partial charge in [-0.3, -0.25) is 4.79 Å². The number of hydrogen-bond donors (Lipinski definition) is 5. The van der Waals surface area contributed by atoms with E-state index in [-0.39, 0.29) is 24.9 Å². The Morgan fingerprint density at radius 1 is 1.36 bits per heavy atom. The molecule has 142 valence electrons. The molecule has 0 aromatic rings. The van der Waals surface area contributed by atoms with E-state index in [1.807, 2.05) is 0 Å². The number of hydrogen-bond acceptors (Lipinski definition) is 7. The van der Waals surface area contributed by atoms with Gasteiger partial charge in [-0.25, -0.2) is 0 Å². The number of aliphatic carboxylic acids is 1. The van der Waals surface area contributed by atoms with E-state index in [4.69, 9.17) is 15.8 Å². The number of nitrogens with zero attached hydrogens (tertiary/aromatic N) is 2. The third-order valence-electron chi connectivity index (χ3n) is 5.83. The van der Waals surface area contributed by atoms with Crippen LogP contribution in [0.25, 0.3) is 0 Å². The highest BCUT2D eigenvalue weighted by Gasteiger charge is 2.59. The lowest BCUT2D eigenvalue weighted by atomic mass is 9.78. The summed E-state index contributed by atoms with van der Waals surface area (Å²) in [5.74, 6) is -1.81. The van der Waals surface area contributed by atoms with Gasteiger partial charge in [0.05, 0.1) is 5.54 Å². The molecule has 3 saturated heterocycles. The molecule has 0 aliphatic carbocycles. The van der Waals surface area contributed by atoms with Crippen molar-refractivity contribution < 1.29 is 28.4 Å². The molecule has 0 amide bonds. The van der Waals surface area contributed by atoms with Crippen LogP contribution in [0, 0.1) is 5.92 Å². The third kappa shape index (κ3) is 3.09. The number of carboxylic acid groups (broad SMARTS) is 1. The minimum Gasteiger partial charge on any atom is -0.480 e. The Balaban J connectivity index is 1.73. The van der Waals surface area contributed by atoms with Gasteiger partial charge in [-0.15, -0.1) is 0 Å². The van der Waals surface area contributed by atoms with Crippen LogP contribution in [0.5, 0.6) is 0 Å². The Morgan fingerprint density at radius 2 is 2.04 bits per heavy atom. The molecular formula is C13H25BN4O6S. The van der Waals surface area contributed by atoms with Gasteiger partial charge in [0.2, 0.25) is 0 Å². The van der Waals surface area contributed by atoms with Crippen molar-refractivity contribution in [2.75, 3.05) is 32.7 Å².